The van der Waals surface area contributed by atoms with Crippen LogP contribution in [-0.4, -0.2) is 37.9 Å². The summed E-state index contributed by atoms with van der Waals surface area (Å²) in [6.45, 7) is 1.75. The molecule has 0 aliphatic rings. The number of nitrogens with zero attached hydrogens (tertiary/aromatic N) is 4. The predicted octanol–water partition coefficient (Wildman–Crippen LogP) is 4.06. The van der Waals surface area contributed by atoms with Crippen molar-refractivity contribution in [2.24, 2.45) is 0 Å². The number of esters is 1. The molecule has 3 aromatic heterocycles. The van der Waals surface area contributed by atoms with Gasteiger partial charge in [0.25, 0.3) is 0 Å². The van der Waals surface area contributed by atoms with Gasteiger partial charge >= 0.3 is 12.1 Å². The molecule has 3 heterocycles. The van der Waals surface area contributed by atoms with E-state index in [2.05, 4.69) is 15.1 Å². The highest BCUT2D eigenvalue weighted by Crippen LogP contribution is 2.34. The summed E-state index contributed by atoms with van der Waals surface area (Å²) < 4.78 is 60.2. The highest BCUT2D eigenvalue weighted by atomic mass is 19.4. The topological polar surface area (TPSA) is 112 Å². The number of nitrogen functional groups attached to an aromatic ring is 1. The Morgan fingerprint density at radius 2 is 1.89 bits per heavy atom. The van der Waals surface area contributed by atoms with E-state index in [4.69, 9.17) is 10.5 Å². The Morgan fingerprint density at radius 3 is 2.58 bits per heavy atom. The minimum Gasteiger partial charge on any atom is -0.462 e. The van der Waals surface area contributed by atoms with Crippen LogP contribution in [-0.2, 0) is 28.5 Å². The van der Waals surface area contributed by atoms with Crippen LogP contribution in [0.1, 0.15) is 34.1 Å². The number of fused-ring (bicyclic) bond motifs is 1. The fourth-order valence-electron chi connectivity index (χ4n) is 3.76. The van der Waals surface area contributed by atoms with Gasteiger partial charge in [-0.05, 0) is 36.2 Å². The summed E-state index contributed by atoms with van der Waals surface area (Å²) in [7, 11) is 0. The van der Waals surface area contributed by atoms with Gasteiger partial charge in [-0.3, -0.25) is 9.78 Å². The number of anilines is 1. The summed E-state index contributed by atoms with van der Waals surface area (Å²) >= 11 is 0. The van der Waals surface area contributed by atoms with Crippen molar-refractivity contribution < 1.29 is 31.9 Å². The Labute approximate surface area is 201 Å². The van der Waals surface area contributed by atoms with Crippen molar-refractivity contribution in [1.29, 1.82) is 0 Å². The van der Waals surface area contributed by atoms with Gasteiger partial charge in [-0.15, -0.1) is 0 Å². The van der Waals surface area contributed by atoms with Crippen LogP contribution in [0.4, 0.5) is 23.4 Å². The molecular formula is C24H19F4N5O3. The lowest BCUT2D eigenvalue weighted by Gasteiger charge is -2.09. The minimum absolute atomic E-state index is 0.0288. The van der Waals surface area contributed by atoms with E-state index < -0.39 is 35.7 Å². The van der Waals surface area contributed by atoms with Crippen LogP contribution in [0.5, 0.6) is 0 Å². The summed E-state index contributed by atoms with van der Waals surface area (Å²) in [5, 5.41) is 4.03. The molecule has 0 aliphatic heterocycles. The van der Waals surface area contributed by atoms with Crippen LogP contribution in [0.15, 0.2) is 49.1 Å². The molecule has 0 spiro atoms. The quantitative estimate of drug-likeness (QED) is 0.300. The summed E-state index contributed by atoms with van der Waals surface area (Å²) in [5.41, 5.74) is 5.94. The zero-order chi connectivity index (χ0) is 26.0. The van der Waals surface area contributed by atoms with Crippen LogP contribution in [0.2, 0.25) is 0 Å². The molecule has 36 heavy (non-hydrogen) atoms. The van der Waals surface area contributed by atoms with Crippen molar-refractivity contribution in [3.8, 4) is 11.1 Å². The van der Waals surface area contributed by atoms with Crippen molar-refractivity contribution in [2.75, 3.05) is 12.3 Å². The van der Waals surface area contributed by atoms with E-state index in [1.807, 2.05) is 0 Å². The molecule has 4 aromatic rings. The highest BCUT2D eigenvalue weighted by molar-refractivity contribution is 6.04. The summed E-state index contributed by atoms with van der Waals surface area (Å²) in [6.07, 6.45) is -1.75. The van der Waals surface area contributed by atoms with Gasteiger partial charge in [0.1, 0.15) is 23.4 Å². The van der Waals surface area contributed by atoms with E-state index >= 15 is 4.39 Å². The van der Waals surface area contributed by atoms with Crippen molar-refractivity contribution in [1.82, 2.24) is 19.6 Å². The molecule has 4 rings (SSSR count). The maximum absolute atomic E-state index is 15.0. The summed E-state index contributed by atoms with van der Waals surface area (Å²) in [5.74, 6) is -1.87. The number of aromatic nitrogens is 4. The molecule has 0 saturated heterocycles. The van der Waals surface area contributed by atoms with E-state index in [0.29, 0.717) is 0 Å². The number of carbonyl (C=O) groups excluding carboxylic acids is 2. The van der Waals surface area contributed by atoms with E-state index in [1.165, 1.54) is 29.2 Å². The molecule has 186 valence electrons. The molecule has 8 nitrogen and oxygen atoms in total. The SMILES string of the molecule is CCOC(=O)c1cn2ncnc(N)c2c1-c1ccc(CC(=O)Cc2cc(C(F)(F)F)ccn2)c(F)c1. The zero-order valence-electron chi connectivity index (χ0n) is 18.8. The molecule has 0 amide bonds. The average molecular weight is 501 g/mol. The predicted molar refractivity (Wildman–Crippen MR) is 120 cm³/mol. The zero-order valence-corrected chi connectivity index (χ0v) is 18.8. The molecule has 12 heteroatoms. The largest absolute Gasteiger partial charge is 0.462 e. The van der Waals surface area contributed by atoms with Crippen molar-refractivity contribution in [3.05, 3.63) is 77.3 Å². The van der Waals surface area contributed by atoms with E-state index in [-0.39, 0.29) is 52.3 Å². The first-order valence-electron chi connectivity index (χ1n) is 10.7. The number of carbonyl (C=O) groups is 2. The summed E-state index contributed by atoms with van der Waals surface area (Å²) in [4.78, 5) is 32.7. The van der Waals surface area contributed by atoms with Gasteiger partial charge in [-0.1, -0.05) is 12.1 Å². The third kappa shape index (κ3) is 5.02. The van der Waals surface area contributed by atoms with Crippen LogP contribution in [0.25, 0.3) is 16.6 Å². The average Bonchev–Trinajstić information content (AvgIpc) is 3.21. The van der Waals surface area contributed by atoms with Crippen molar-refractivity contribution in [3.63, 3.8) is 0 Å². The number of benzene rings is 1. The number of halogens is 4. The second kappa shape index (κ2) is 9.72. The maximum atomic E-state index is 15.0. The summed E-state index contributed by atoms with van der Waals surface area (Å²) in [6, 6.07) is 5.59. The van der Waals surface area contributed by atoms with Gasteiger partial charge in [0.05, 0.1) is 17.7 Å². The number of ketones is 1. The number of hydrogen-bond donors (Lipinski definition) is 1. The van der Waals surface area contributed by atoms with Crippen LogP contribution >= 0.6 is 0 Å². The van der Waals surface area contributed by atoms with Crippen LogP contribution in [0.3, 0.4) is 0 Å². The molecule has 0 fully saturated rings. The smallest absolute Gasteiger partial charge is 0.416 e. The molecule has 0 bridgehead atoms. The number of rotatable bonds is 7. The molecule has 2 N–H and O–H groups in total. The van der Waals surface area contributed by atoms with Crippen LogP contribution < -0.4 is 5.73 Å². The highest BCUT2D eigenvalue weighted by Gasteiger charge is 2.31. The standard InChI is InChI=1S/C24H19F4N5O3/c1-2-36-23(35)18-11-33-21(22(29)31-12-32-33)20(18)14-4-3-13(19(25)8-14)7-17(34)10-16-9-15(5-6-30-16)24(26,27)28/h3-6,8-9,11-12H,2,7,10H2,1H3,(H2,29,31,32). The van der Waals surface area contributed by atoms with Gasteiger partial charge in [-0.25, -0.2) is 18.7 Å². The van der Waals surface area contributed by atoms with Crippen molar-refractivity contribution in [2.45, 2.75) is 25.9 Å². The first-order chi connectivity index (χ1) is 17.1. The third-order valence-electron chi connectivity index (χ3n) is 5.35. The number of nitrogens with two attached hydrogens (primary N) is 1. The molecule has 0 saturated carbocycles. The number of Topliss-reactive ketones (excluding diaryl/α,β-unsaturated/α-hetero) is 1. The molecule has 0 aliphatic carbocycles. The Morgan fingerprint density at radius 1 is 1.11 bits per heavy atom. The minimum atomic E-state index is -4.57. The monoisotopic (exact) mass is 501 g/mol. The number of hydrogen-bond acceptors (Lipinski definition) is 7. The van der Waals surface area contributed by atoms with Gasteiger partial charge in [-0.2, -0.15) is 18.3 Å². The second-order valence-electron chi connectivity index (χ2n) is 7.81. The van der Waals surface area contributed by atoms with Gasteiger partial charge in [0, 0.05) is 36.5 Å². The van der Waals surface area contributed by atoms with Gasteiger partial charge in [0.2, 0.25) is 0 Å². The molecule has 0 radical (unpaired) electrons. The Bertz CT molecular complexity index is 1470. The third-order valence-corrected chi connectivity index (χ3v) is 5.35. The Balaban J connectivity index is 1.63. The van der Waals surface area contributed by atoms with E-state index in [9.17, 15) is 22.8 Å². The maximum Gasteiger partial charge on any atom is 0.416 e. The number of pyridine rings is 1. The van der Waals surface area contributed by atoms with Crippen LogP contribution in [0, 0.1) is 5.82 Å². The number of ether oxygens (including phenoxy) is 1. The fraction of sp³-hybridized carbons (Fsp3) is 0.208. The molecule has 0 atom stereocenters. The van der Waals surface area contributed by atoms with Gasteiger partial charge in [0.15, 0.2) is 5.82 Å². The lowest BCUT2D eigenvalue weighted by Crippen LogP contribution is -2.11. The lowest BCUT2D eigenvalue weighted by atomic mass is 9.98. The first-order valence-corrected chi connectivity index (χ1v) is 10.7. The molecule has 0 unspecified atom stereocenters. The molecular weight excluding hydrogens is 482 g/mol. The fourth-order valence-corrected chi connectivity index (χ4v) is 3.76. The van der Waals surface area contributed by atoms with E-state index in [1.54, 1.807) is 6.92 Å². The van der Waals surface area contributed by atoms with Gasteiger partial charge < -0.3 is 10.5 Å². The number of alkyl halides is 3. The molecule has 1 aromatic carbocycles. The van der Waals surface area contributed by atoms with Crippen molar-refractivity contribution >= 4 is 23.1 Å². The first kappa shape index (κ1) is 24.8. The normalized spacial score (nSPS) is 11.6. The lowest BCUT2D eigenvalue weighted by molar-refractivity contribution is -0.137. The Hall–Kier alpha value is -4.35. The second-order valence-corrected chi connectivity index (χ2v) is 7.81. The Kier molecular flexibility index (Phi) is 6.69. The van der Waals surface area contributed by atoms with E-state index in [0.717, 1.165) is 24.4 Å².